The number of H-pyrrole nitrogens is 1. The molecule has 4 aliphatic rings. The molecule has 0 aromatic carbocycles. The summed E-state index contributed by atoms with van der Waals surface area (Å²) in [5.74, 6) is 1.64. The fourth-order valence-electron chi connectivity index (χ4n) is 5.77. The first kappa shape index (κ1) is 19.9. The number of hydrogen-bond acceptors (Lipinski definition) is 5. The summed E-state index contributed by atoms with van der Waals surface area (Å²) in [5.41, 5.74) is 0.649. The monoisotopic (exact) mass is 451 g/mol. The molecule has 0 saturated heterocycles. The molecule has 1 aromatic heterocycles. The van der Waals surface area contributed by atoms with Gasteiger partial charge in [0.25, 0.3) is 5.56 Å². The minimum atomic E-state index is -0.759. The fourth-order valence-corrected chi connectivity index (χ4v) is 6.16. The molecule has 0 aliphatic heterocycles. The van der Waals surface area contributed by atoms with Crippen molar-refractivity contribution in [3.05, 3.63) is 20.5 Å². The number of halogens is 1. The summed E-state index contributed by atoms with van der Waals surface area (Å²) in [6.07, 6.45) is 4.72. The maximum Gasteiger partial charge on any atom is 0.318 e. The second-order valence-electron chi connectivity index (χ2n) is 9.45. The first-order chi connectivity index (χ1) is 13.2. The van der Waals surface area contributed by atoms with E-state index in [1.807, 2.05) is 6.92 Å². The van der Waals surface area contributed by atoms with Gasteiger partial charge in [0.05, 0.1) is 12.3 Å². The van der Waals surface area contributed by atoms with E-state index < -0.39 is 5.41 Å². The zero-order valence-corrected chi connectivity index (χ0v) is 18.7. The molecular formula is C21H30BrN3O3. The summed E-state index contributed by atoms with van der Waals surface area (Å²) in [4.78, 5) is 25.1. The predicted octanol–water partition coefficient (Wildman–Crippen LogP) is 4.00. The van der Waals surface area contributed by atoms with Gasteiger partial charge in [-0.25, -0.2) is 5.10 Å². The Bertz CT molecular complexity index is 846. The van der Waals surface area contributed by atoms with Crippen LogP contribution in [0, 0.1) is 23.2 Å². The first-order valence-electron chi connectivity index (χ1n) is 10.4. The van der Waals surface area contributed by atoms with Crippen LogP contribution in [0.4, 0.5) is 5.69 Å². The minimum absolute atomic E-state index is 0.239. The Morgan fingerprint density at radius 2 is 2.07 bits per heavy atom. The molecule has 0 amide bonds. The zero-order chi connectivity index (χ0) is 20.3. The number of hydrogen-bond donors (Lipinski definition) is 2. The molecule has 0 spiro atoms. The Balaban J connectivity index is 1.69. The molecule has 154 valence electrons. The number of nitrogens with one attached hydrogen (secondary N) is 2. The zero-order valence-electron chi connectivity index (χ0n) is 17.1. The lowest BCUT2D eigenvalue weighted by Gasteiger charge is -2.62. The molecular weight excluding hydrogens is 422 g/mol. The standard InChI is InChI=1S/C21H30BrN3O3/c1-5-28-19(27)21(7-6-8-21)17-16(15(22)18(26)25-24-17)23-14-10-12-9-13(11(14)2)20(12,3)4/h11-14H,5-10H2,1-4H3,(H2,23,25,26)/t11-,12+,13-,14-/m1/s1. The van der Waals surface area contributed by atoms with E-state index in [1.54, 1.807) is 0 Å². The lowest BCUT2D eigenvalue weighted by molar-refractivity contribution is -0.154. The molecule has 7 heteroatoms. The van der Waals surface area contributed by atoms with Crippen molar-refractivity contribution in [3.63, 3.8) is 0 Å². The number of carbonyl (C=O) groups is 1. The van der Waals surface area contributed by atoms with E-state index in [0.29, 0.717) is 58.5 Å². The third kappa shape index (κ3) is 2.76. The van der Waals surface area contributed by atoms with Gasteiger partial charge in [0, 0.05) is 6.04 Å². The van der Waals surface area contributed by atoms with Crippen molar-refractivity contribution in [2.24, 2.45) is 23.2 Å². The normalized spacial score (nSPS) is 32.0. The quantitative estimate of drug-likeness (QED) is 0.660. The SMILES string of the molecule is CCOC(=O)C1(c2n[nH]c(=O)c(Br)c2N[C@@H]2C[C@@H]3C[C@H]([C@H]2C)C3(C)C)CCC1. The number of aromatic nitrogens is 2. The van der Waals surface area contributed by atoms with Crippen molar-refractivity contribution in [1.29, 1.82) is 0 Å². The van der Waals surface area contributed by atoms with Crippen LogP contribution in [0.5, 0.6) is 0 Å². The third-order valence-electron chi connectivity index (χ3n) is 7.94. The summed E-state index contributed by atoms with van der Waals surface area (Å²) in [5, 5.41) is 10.6. The van der Waals surface area contributed by atoms with Gasteiger partial charge in [0.15, 0.2) is 0 Å². The first-order valence-corrected chi connectivity index (χ1v) is 11.2. The number of esters is 1. The van der Waals surface area contributed by atoms with Crippen molar-refractivity contribution >= 4 is 27.6 Å². The van der Waals surface area contributed by atoms with Crippen molar-refractivity contribution in [2.75, 3.05) is 11.9 Å². The van der Waals surface area contributed by atoms with Gasteiger partial charge in [-0.1, -0.05) is 27.2 Å². The molecule has 5 rings (SSSR count). The van der Waals surface area contributed by atoms with Gasteiger partial charge in [-0.15, -0.1) is 0 Å². The van der Waals surface area contributed by atoms with Gasteiger partial charge >= 0.3 is 5.97 Å². The van der Waals surface area contributed by atoms with E-state index in [0.717, 1.165) is 12.8 Å². The molecule has 6 nitrogen and oxygen atoms in total. The summed E-state index contributed by atoms with van der Waals surface area (Å²) >= 11 is 3.46. The number of carbonyl (C=O) groups excluding carboxylic acids is 1. The van der Waals surface area contributed by atoms with Crippen LogP contribution in [-0.2, 0) is 14.9 Å². The van der Waals surface area contributed by atoms with E-state index in [-0.39, 0.29) is 17.6 Å². The van der Waals surface area contributed by atoms with Crippen LogP contribution in [0.15, 0.2) is 9.27 Å². The molecule has 4 fully saturated rings. The molecule has 0 unspecified atom stereocenters. The number of anilines is 1. The minimum Gasteiger partial charge on any atom is -0.465 e. The Morgan fingerprint density at radius 3 is 2.61 bits per heavy atom. The van der Waals surface area contributed by atoms with Gasteiger partial charge in [-0.05, 0) is 71.7 Å². The van der Waals surface area contributed by atoms with Crippen LogP contribution < -0.4 is 10.9 Å². The second-order valence-corrected chi connectivity index (χ2v) is 10.2. The summed E-state index contributed by atoms with van der Waals surface area (Å²) in [7, 11) is 0. The highest BCUT2D eigenvalue weighted by Crippen LogP contribution is 2.61. The lowest BCUT2D eigenvalue weighted by Crippen LogP contribution is -2.58. The molecule has 0 radical (unpaired) electrons. The highest BCUT2D eigenvalue weighted by Gasteiger charge is 2.57. The molecule has 2 N–H and O–H groups in total. The average molecular weight is 452 g/mol. The van der Waals surface area contributed by atoms with Gasteiger partial charge in [0.2, 0.25) is 0 Å². The summed E-state index contributed by atoms with van der Waals surface area (Å²) in [6, 6.07) is 0.273. The van der Waals surface area contributed by atoms with Crippen LogP contribution in [-0.4, -0.2) is 28.8 Å². The molecule has 4 atom stereocenters. The van der Waals surface area contributed by atoms with Crippen molar-refractivity contribution in [2.45, 2.75) is 71.3 Å². The Labute approximate surface area is 174 Å². The third-order valence-corrected chi connectivity index (χ3v) is 8.69. The molecule has 2 bridgehead atoms. The van der Waals surface area contributed by atoms with E-state index >= 15 is 0 Å². The highest BCUT2D eigenvalue weighted by molar-refractivity contribution is 9.10. The fraction of sp³-hybridized carbons (Fsp3) is 0.762. The predicted molar refractivity (Wildman–Crippen MR) is 111 cm³/mol. The second kappa shape index (κ2) is 6.85. The van der Waals surface area contributed by atoms with Gasteiger partial charge in [-0.2, -0.15) is 5.10 Å². The summed E-state index contributed by atoms with van der Waals surface area (Å²) < 4.78 is 5.81. The van der Waals surface area contributed by atoms with E-state index in [1.165, 1.54) is 6.42 Å². The highest BCUT2D eigenvalue weighted by atomic mass is 79.9. The van der Waals surface area contributed by atoms with Gasteiger partial charge in [-0.3, -0.25) is 9.59 Å². The number of rotatable bonds is 5. The van der Waals surface area contributed by atoms with Crippen LogP contribution in [0.2, 0.25) is 0 Å². The van der Waals surface area contributed by atoms with Gasteiger partial charge in [0.1, 0.15) is 15.6 Å². The topological polar surface area (TPSA) is 84.1 Å². The van der Waals surface area contributed by atoms with Crippen molar-refractivity contribution in [1.82, 2.24) is 10.2 Å². The number of ether oxygens (including phenoxy) is 1. The van der Waals surface area contributed by atoms with E-state index in [4.69, 9.17) is 4.74 Å². The number of aromatic amines is 1. The van der Waals surface area contributed by atoms with Crippen molar-refractivity contribution in [3.8, 4) is 0 Å². The van der Waals surface area contributed by atoms with Crippen LogP contribution in [0.25, 0.3) is 0 Å². The molecule has 4 saturated carbocycles. The van der Waals surface area contributed by atoms with Crippen LogP contribution in [0.1, 0.15) is 65.5 Å². The molecule has 4 aliphatic carbocycles. The molecule has 1 aromatic rings. The maximum atomic E-state index is 12.8. The number of nitrogens with zero attached hydrogens (tertiary/aromatic N) is 1. The summed E-state index contributed by atoms with van der Waals surface area (Å²) in [6.45, 7) is 9.21. The molecule has 1 heterocycles. The van der Waals surface area contributed by atoms with E-state index in [9.17, 15) is 9.59 Å². The van der Waals surface area contributed by atoms with Crippen molar-refractivity contribution < 1.29 is 9.53 Å². The number of fused-ring (bicyclic) bond motifs is 2. The Morgan fingerprint density at radius 1 is 1.36 bits per heavy atom. The lowest BCUT2D eigenvalue weighted by atomic mass is 9.44. The van der Waals surface area contributed by atoms with Crippen LogP contribution >= 0.6 is 15.9 Å². The Hall–Kier alpha value is -1.37. The Kier molecular flexibility index (Phi) is 4.88. The van der Waals surface area contributed by atoms with Gasteiger partial charge < -0.3 is 10.1 Å². The van der Waals surface area contributed by atoms with Crippen LogP contribution in [0.3, 0.4) is 0 Å². The maximum absolute atomic E-state index is 12.8. The molecule has 28 heavy (non-hydrogen) atoms. The average Bonchev–Trinajstić information content (AvgIpc) is 2.60. The largest absolute Gasteiger partial charge is 0.465 e. The smallest absolute Gasteiger partial charge is 0.318 e. The van der Waals surface area contributed by atoms with E-state index in [2.05, 4.69) is 52.2 Å².